The third-order valence-corrected chi connectivity index (χ3v) is 3.31. The molecule has 3 nitrogen and oxygen atoms in total. The molecule has 2 aromatic rings. The number of rotatable bonds is 5. The molecule has 1 N–H and O–H groups in total. The van der Waals surface area contributed by atoms with Crippen molar-refractivity contribution in [1.29, 1.82) is 0 Å². The highest BCUT2D eigenvalue weighted by molar-refractivity contribution is 5.74. The van der Waals surface area contributed by atoms with E-state index in [2.05, 4.69) is 18.8 Å². The van der Waals surface area contributed by atoms with Crippen LogP contribution in [0.1, 0.15) is 26.7 Å². The molecule has 1 aromatic heterocycles. The number of para-hydroxylation sites is 2. The van der Waals surface area contributed by atoms with Gasteiger partial charge in [0.2, 0.25) is 0 Å². The molecule has 0 fully saturated rings. The highest BCUT2D eigenvalue weighted by atomic mass is 16.3. The first-order valence-corrected chi connectivity index (χ1v) is 6.30. The number of aliphatic hydroxyl groups is 1. The average molecular weight is 232 g/mol. The summed E-state index contributed by atoms with van der Waals surface area (Å²) < 4.78 is 2.03. The van der Waals surface area contributed by atoms with E-state index in [0.717, 1.165) is 23.9 Å². The van der Waals surface area contributed by atoms with E-state index in [1.807, 2.05) is 35.2 Å². The van der Waals surface area contributed by atoms with Crippen molar-refractivity contribution in [3.63, 3.8) is 0 Å². The normalized spacial score (nSPS) is 15.0. The topological polar surface area (TPSA) is 38.0 Å². The maximum Gasteiger partial charge on any atom is 0.0959 e. The molecule has 0 radical (unpaired) electrons. The largest absolute Gasteiger partial charge is 0.391 e. The minimum Gasteiger partial charge on any atom is -0.391 e. The Morgan fingerprint density at radius 2 is 2.12 bits per heavy atom. The van der Waals surface area contributed by atoms with Crippen molar-refractivity contribution >= 4 is 11.0 Å². The van der Waals surface area contributed by atoms with Gasteiger partial charge in [-0.15, -0.1) is 0 Å². The van der Waals surface area contributed by atoms with Crippen LogP contribution in [0.2, 0.25) is 0 Å². The van der Waals surface area contributed by atoms with Gasteiger partial charge in [0, 0.05) is 0 Å². The smallest absolute Gasteiger partial charge is 0.0959 e. The first-order valence-electron chi connectivity index (χ1n) is 6.30. The zero-order valence-electron chi connectivity index (χ0n) is 10.5. The van der Waals surface area contributed by atoms with Gasteiger partial charge in [0.25, 0.3) is 0 Å². The van der Waals surface area contributed by atoms with Crippen LogP contribution in [0.15, 0.2) is 30.6 Å². The second-order valence-electron chi connectivity index (χ2n) is 4.72. The molecule has 2 rings (SSSR count). The zero-order valence-corrected chi connectivity index (χ0v) is 10.5. The summed E-state index contributed by atoms with van der Waals surface area (Å²) in [4.78, 5) is 4.33. The van der Waals surface area contributed by atoms with Crippen LogP contribution in [0.5, 0.6) is 0 Å². The molecule has 0 aliphatic rings. The van der Waals surface area contributed by atoms with Crippen molar-refractivity contribution in [1.82, 2.24) is 9.55 Å². The molecule has 2 atom stereocenters. The Bertz CT molecular complexity index is 478. The minimum absolute atomic E-state index is 0.299. The van der Waals surface area contributed by atoms with Crippen LogP contribution < -0.4 is 0 Å². The Kier molecular flexibility index (Phi) is 3.79. The van der Waals surface area contributed by atoms with Gasteiger partial charge in [0.15, 0.2) is 0 Å². The van der Waals surface area contributed by atoms with Crippen molar-refractivity contribution in [2.75, 3.05) is 0 Å². The lowest BCUT2D eigenvalue weighted by Crippen LogP contribution is -2.23. The molecule has 0 spiro atoms. The summed E-state index contributed by atoms with van der Waals surface area (Å²) in [5.74, 6) is 0.334. The van der Waals surface area contributed by atoms with Crippen LogP contribution in [0.4, 0.5) is 0 Å². The Hall–Kier alpha value is -1.35. The van der Waals surface area contributed by atoms with Crippen molar-refractivity contribution in [3.8, 4) is 0 Å². The predicted octanol–water partition coefficient (Wildman–Crippen LogP) is 2.83. The monoisotopic (exact) mass is 232 g/mol. The molecular weight excluding hydrogens is 212 g/mol. The number of aromatic nitrogens is 2. The van der Waals surface area contributed by atoms with E-state index in [1.54, 1.807) is 0 Å². The van der Waals surface area contributed by atoms with E-state index < -0.39 is 0 Å². The van der Waals surface area contributed by atoms with Crippen LogP contribution in [0.3, 0.4) is 0 Å². The second-order valence-corrected chi connectivity index (χ2v) is 4.72. The fraction of sp³-hybridized carbons (Fsp3) is 0.500. The lowest BCUT2D eigenvalue weighted by atomic mass is 9.99. The van der Waals surface area contributed by atoms with Gasteiger partial charge < -0.3 is 9.67 Å². The first kappa shape index (κ1) is 12.1. The maximum absolute atomic E-state index is 10.1. The minimum atomic E-state index is -0.299. The first-order chi connectivity index (χ1) is 8.22. The van der Waals surface area contributed by atoms with Gasteiger partial charge >= 0.3 is 0 Å². The summed E-state index contributed by atoms with van der Waals surface area (Å²) in [7, 11) is 0. The highest BCUT2D eigenvalue weighted by Gasteiger charge is 2.14. The third kappa shape index (κ3) is 2.67. The Morgan fingerprint density at radius 3 is 2.88 bits per heavy atom. The summed E-state index contributed by atoms with van der Waals surface area (Å²) in [6.45, 7) is 4.88. The van der Waals surface area contributed by atoms with Gasteiger partial charge in [-0.3, -0.25) is 0 Å². The summed E-state index contributed by atoms with van der Waals surface area (Å²) >= 11 is 0. The molecule has 1 aromatic carbocycles. The van der Waals surface area contributed by atoms with Crippen LogP contribution in [-0.2, 0) is 6.54 Å². The fourth-order valence-corrected chi connectivity index (χ4v) is 2.18. The molecule has 92 valence electrons. The number of benzene rings is 1. The maximum atomic E-state index is 10.1. The van der Waals surface area contributed by atoms with Gasteiger partial charge in [-0.2, -0.15) is 0 Å². The van der Waals surface area contributed by atoms with E-state index in [4.69, 9.17) is 0 Å². The van der Waals surface area contributed by atoms with E-state index in [1.165, 1.54) is 0 Å². The van der Waals surface area contributed by atoms with Crippen molar-refractivity contribution in [2.24, 2.45) is 5.92 Å². The molecular formula is C14H20N2O. The van der Waals surface area contributed by atoms with E-state index in [-0.39, 0.29) is 6.10 Å². The summed E-state index contributed by atoms with van der Waals surface area (Å²) in [6.07, 6.45) is 3.69. The quantitative estimate of drug-likeness (QED) is 0.860. The number of aliphatic hydroxyl groups excluding tert-OH is 1. The lowest BCUT2D eigenvalue weighted by molar-refractivity contribution is 0.0949. The number of hydrogen-bond donors (Lipinski definition) is 1. The number of imidazole rings is 1. The second kappa shape index (κ2) is 5.32. The molecule has 17 heavy (non-hydrogen) atoms. The summed E-state index contributed by atoms with van der Waals surface area (Å²) in [6, 6.07) is 8.02. The zero-order chi connectivity index (χ0) is 12.3. The van der Waals surface area contributed by atoms with E-state index in [0.29, 0.717) is 12.5 Å². The van der Waals surface area contributed by atoms with Crippen LogP contribution in [0, 0.1) is 5.92 Å². The molecule has 0 aliphatic heterocycles. The van der Waals surface area contributed by atoms with Crippen molar-refractivity contribution < 1.29 is 5.11 Å². The average Bonchev–Trinajstić information content (AvgIpc) is 2.73. The van der Waals surface area contributed by atoms with Gasteiger partial charge in [0.05, 0.1) is 30.0 Å². The van der Waals surface area contributed by atoms with Crippen LogP contribution >= 0.6 is 0 Å². The van der Waals surface area contributed by atoms with Crippen molar-refractivity contribution in [3.05, 3.63) is 30.6 Å². The number of hydrogen-bond acceptors (Lipinski definition) is 2. The highest BCUT2D eigenvalue weighted by Crippen LogP contribution is 2.16. The van der Waals surface area contributed by atoms with E-state index in [9.17, 15) is 5.11 Å². The van der Waals surface area contributed by atoms with Crippen LogP contribution in [0.25, 0.3) is 11.0 Å². The molecule has 0 saturated carbocycles. The van der Waals surface area contributed by atoms with Gasteiger partial charge in [-0.1, -0.05) is 32.4 Å². The lowest BCUT2D eigenvalue weighted by Gasteiger charge is -2.18. The number of nitrogens with zero attached hydrogens (tertiary/aromatic N) is 2. The van der Waals surface area contributed by atoms with Crippen molar-refractivity contribution in [2.45, 2.75) is 39.3 Å². The molecule has 2 unspecified atom stereocenters. The summed E-state index contributed by atoms with van der Waals surface area (Å²) in [5.41, 5.74) is 2.08. The van der Waals surface area contributed by atoms with Gasteiger partial charge in [-0.05, 0) is 24.5 Å². The Morgan fingerprint density at radius 1 is 1.35 bits per heavy atom. The SMILES string of the molecule is CCCC(C)C(O)Cn1cnc2ccccc21. The van der Waals surface area contributed by atoms with Gasteiger partial charge in [-0.25, -0.2) is 4.98 Å². The molecule has 0 bridgehead atoms. The Labute approximate surface area is 102 Å². The van der Waals surface area contributed by atoms with Gasteiger partial charge in [0.1, 0.15) is 0 Å². The third-order valence-electron chi connectivity index (χ3n) is 3.31. The molecule has 0 aliphatic carbocycles. The van der Waals surface area contributed by atoms with E-state index >= 15 is 0 Å². The fourth-order valence-electron chi connectivity index (χ4n) is 2.18. The summed E-state index contributed by atoms with van der Waals surface area (Å²) in [5, 5.41) is 10.1. The standard InChI is InChI=1S/C14H20N2O/c1-3-6-11(2)14(17)9-16-10-15-12-7-4-5-8-13(12)16/h4-5,7-8,10-11,14,17H,3,6,9H2,1-2H3. The Balaban J connectivity index is 2.13. The molecule has 0 amide bonds. The number of fused-ring (bicyclic) bond motifs is 1. The molecule has 3 heteroatoms. The molecule has 1 heterocycles. The molecule has 0 saturated heterocycles. The predicted molar refractivity (Wildman–Crippen MR) is 69.8 cm³/mol. The van der Waals surface area contributed by atoms with Crippen LogP contribution in [-0.4, -0.2) is 20.8 Å².